The van der Waals surface area contributed by atoms with Crippen LogP contribution in [0.25, 0.3) is 0 Å². The number of anilines is 1. The van der Waals surface area contributed by atoms with Gasteiger partial charge in [0.05, 0.1) is 36.5 Å². The van der Waals surface area contributed by atoms with E-state index in [4.69, 9.17) is 4.74 Å². The van der Waals surface area contributed by atoms with Crippen LogP contribution in [0.1, 0.15) is 25.7 Å². The smallest absolute Gasteiger partial charge is 0.265 e. The Morgan fingerprint density at radius 2 is 2.25 bits per heavy atom. The van der Waals surface area contributed by atoms with Crippen molar-refractivity contribution in [2.45, 2.75) is 19.6 Å². The van der Waals surface area contributed by atoms with Crippen LogP contribution in [0, 0.1) is 0 Å². The lowest BCUT2D eigenvalue weighted by Gasteiger charge is -2.10. The summed E-state index contributed by atoms with van der Waals surface area (Å²) in [6.07, 6.45) is 7.88. The number of ether oxygens (including phenoxy) is 1. The molecule has 0 aromatic carbocycles. The van der Waals surface area contributed by atoms with Gasteiger partial charge in [0.2, 0.25) is 0 Å². The second-order valence-electron chi connectivity index (χ2n) is 5.60. The minimum Gasteiger partial charge on any atom is -0.376 e. The second-order valence-corrected chi connectivity index (χ2v) is 6.73. The minimum absolute atomic E-state index is 0.0992. The van der Waals surface area contributed by atoms with Crippen LogP contribution in [0.5, 0.6) is 0 Å². The molecule has 0 aliphatic carbocycles. The van der Waals surface area contributed by atoms with Gasteiger partial charge in [-0.3, -0.25) is 14.5 Å². The third kappa shape index (κ3) is 3.22. The third-order valence-corrected chi connectivity index (χ3v) is 5.07. The molecule has 0 fully saturated rings. The molecule has 3 aromatic heterocycles. The molecule has 6 nitrogen and oxygen atoms in total. The predicted octanol–water partition coefficient (Wildman–Crippen LogP) is 2.71. The van der Waals surface area contributed by atoms with Crippen molar-refractivity contribution in [3.05, 3.63) is 63.9 Å². The molecule has 24 heavy (non-hydrogen) atoms. The van der Waals surface area contributed by atoms with Crippen LogP contribution in [-0.2, 0) is 24.3 Å². The highest BCUT2D eigenvalue weighted by Gasteiger charge is 2.18. The number of carbonyl (C=O) groups is 1. The summed E-state index contributed by atoms with van der Waals surface area (Å²) < 4.78 is 7.21. The Bertz CT molecular complexity index is 833. The standard InChI is InChI=1S/C17H16N4O2S/c22-17(16-7-13-11-23-6-3-15(13)24-16)20-14-8-19-21(10-14)9-12-1-4-18-5-2-12/h1-2,4-5,7-8,10H,3,6,9,11H2,(H,20,22). The number of nitrogens with one attached hydrogen (secondary N) is 1. The largest absolute Gasteiger partial charge is 0.376 e. The first kappa shape index (κ1) is 15.0. The molecule has 0 saturated heterocycles. The molecule has 1 aliphatic rings. The number of pyridine rings is 1. The van der Waals surface area contributed by atoms with Gasteiger partial charge in [-0.1, -0.05) is 0 Å². The fraction of sp³-hybridized carbons (Fsp3) is 0.235. The van der Waals surface area contributed by atoms with Gasteiger partial charge in [0.15, 0.2) is 0 Å². The van der Waals surface area contributed by atoms with Crippen molar-refractivity contribution in [2.24, 2.45) is 0 Å². The van der Waals surface area contributed by atoms with Crippen LogP contribution >= 0.6 is 11.3 Å². The van der Waals surface area contributed by atoms with Crippen LogP contribution in [-0.4, -0.2) is 27.3 Å². The quantitative estimate of drug-likeness (QED) is 0.793. The van der Waals surface area contributed by atoms with Crippen LogP contribution in [0.2, 0.25) is 0 Å². The zero-order chi connectivity index (χ0) is 16.4. The maximum atomic E-state index is 12.4. The topological polar surface area (TPSA) is 69.0 Å². The zero-order valence-electron chi connectivity index (χ0n) is 12.9. The van der Waals surface area contributed by atoms with Crippen molar-refractivity contribution in [2.75, 3.05) is 11.9 Å². The van der Waals surface area contributed by atoms with Gasteiger partial charge in [-0.15, -0.1) is 11.3 Å². The number of rotatable bonds is 4. The summed E-state index contributed by atoms with van der Waals surface area (Å²) in [5.74, 6) is -0.0992. The summed E-state index contributed by atoms with van der Waals surface area (Å²) in [6, 6.07) is 5.81. The van der Waals surface area contributed by atoms with Crippen molar-refractivity contribution < 1.29 is 9.53 Å². The zero-order valence-corrected chi connectivity index (χ0v) is 13.8. The Hall–Kier alpha value is -2.51. The Labute approximate surface area is 143 Å². The summed E-state index contributed by atoms with van der Waals surface area (Å²) in [7, 11) is 0. The number of hydrogen-bond acceptors (Lipinski definition) is 5. The molecule has 0 spiro atoms. The fourth-order valence-electron chi connectivity index (χ4n) is 2.64. The molecular weight excluding hydrogens is 324 g/mol. The highest BCUT2D eigenvalue weighted by molar-refractivity contribution is 7.14. The number of hydrogen-bond donors (Lipinski definition) is 1. The van der Waals surface area contributed by atoms with Gasteiger partial charge in [0.25, 0.3) is 5.91 Å². The summed E-state index contributed by atoms with van der Waals surface area (Å²) in [6.45, 7) is 1.97. The summed E-state index contributed by atoms with van der Waals surface area (Å²) in [5, 5.41) is 7.20. The molecule has 1 aliphatic heterocycles. The van der Waals surface area contributed by atoms with Gasteiger partial charge in [-0.2, -0.15) is 5.10 Å². The van der Waals surface area contributed by atoms with Crippen LogP contribution < -0.4 is 5.32 Å². The maximum Gasteiger partial charge on any atom is 0.265 e. The summed E-state index contributed by atoms with van der Waals surface area (Å²) in [5.41, 5.74) is 2.93. The first-order chi connectivity index (χ1) is 11.8. The van der Waals surface area contributed by atoms with E-state index in [1.807, 2.05) is 24.4 Å². The van der Waals surface area contributed by atoms with E-state index in [0.29, 0.717) is 23.7 Å². The average Bonchev–Trinajstić information content (AvgIpc) is 3.22. The summed E-state index contributed by atoms with van der Waals surface area (Å²) >= 11 is 1.55. The lowest BCUT2D eigenvalue weighted by molar-refractivity contribution is 0.102. The molecule has 0 unspecified atom stereocenters. The lowest BCUT2D eigenvalue weighted by atomic mass is 10.2. The van der Waals surface area contributed by atoms with Gasteiger partial charge in [-0.05, 0) is 29.3 Å². The second kappa shape index (κ2) is 6.54. The monoisotopic (exact) mass is 340 g/mol. The van der Waals surface area contributed by atoms with E-state index < -0.39 is 0 Å². The molecule has 0 saturated carbocycles. The molecule has 4 heterocycles. The Kier molecular flexibility index (Phi) is 4.10. The van der Waals surface area contributed by atoms with Gasteiger partial charge in [0.1, 0.15) is 0 Å². The van der Waals surface area contributed by atoms with Crippen molar-refractivity contribution in [3.63, 3.8) is 0 Å². The van der Waals surface area contributed by atoms with Crippen molar-refractivity contribution in [1.29, 1.82) is 0 Å². The van der Waals surface area contributed by atoms with E-state index in [0.717, 1.165) is 24.2 Å². The Balaban J connectivity index is 1.43. The number of amides is 1. The maximum absolute atomic E-state index is 12.4. The molecule has 0 radical (unpaired) electrons. The van der Waals surface area contributed by atoms with Crippen molar-refractivity contribution >= 4 is 22.9 Å². The fourth-order valence-corrected chi connectivity index (χ4v) is 3.69. The molecular formula is C17H16N4O2S. The Morgan fingerprint density at radius 3 is 3.08 bits per heavy atom. The molecule has 4 rings (SSSR count). The number of fused-ring (bicyclic) bond motifs is 1. The molecule has 0 bridgehead atoms. The molecule has 1 amide bonds. The van der Waals surface area contributed by atoms with Gasteiger partial charge < -0.3 is 10.1 Å². The van der Waals surface area contributed by atoms with E-state index >= 15 is 0 Å². The first-order valence-corrected chi connectivity index (χ1v) is 8.51. The minimum atomic E-state index is -0.0992. The van der Waals surface area contributed by atoms with Crippen molar-refractivity contribution in [1.82, 2.24) is 14.8 Å². The molecule has 0 atom stereocenters. The Morgan fingerprint density at radius 1 is 1.38 bits per heavy atom. The van der Waals surface area contributed by atoms with Crippen LogP contribution in [0.4, 0.5) is 5.69 Å². The normalized spacial score (nSPS) is 13.5. The molecule has 7 heteroatoms. The van der Waals surface area contributed by atoms with Gasteiger partial charge in [-0.25, -0.2) is 0 Å². The number of aromatic nitrogens is 3. The third-order valence-electron chi connectivity index (χ3n) is 3.84. The molecule has 3 aromatic rings. The van der Waals surface area contributed by atoms with Crippen LogP contribution in [0.15, 0.2) is 43.0 Å². The predicted molar refractivity (Wildman–Crippen MR) is 91.2 cm³/mol. The number of carbonyl (C=O) groups excluding carboxylic acids is 1. The summed E-state index contributed by atoms with van der Waals surface area (Å²) in [4.78, 5) is 18.4. The number of nitrogens with zero attached hydrogens (tertiary/aromatic N) is 3. The van der Waals surface area contributed by atoms with E-state index in [-0.39, 0.29) is 5.91 Å². The van der Waals surface area contributed by atoms with E-state index in [1.165, 1.54) is 4.88 Å². The lowest BCUT2D eigenvalue weighted by Crippen LogP contribution is -2.09. The van der Waals surface area contributed by atoms with E-state index in [9.17, 15) is 4.79 Å². The van der Waals surface area contributed by atoms with E-state index in [2.05, 4.69) is 15.4 Å². The highest BCUT2D eigenvalue weighted by Crippen LogP contribution is 2.27. The van der Waals surface area contributed by atoms with Gasteiger partial charge in [0, 0.05) is 29.9 Å². The highest BCUT2D eigenvalue weighted by atomic mass is 32.1. The average molecular weight is 340 g/mol. The van der Waals surface area contributed by atoms with E-state index in [1.54, 1.807) is 34.6 Å². The SMILES string of the molecule is O=C(Nc1cnn(Cc2ccncc2)c1)c1cc2c(s1)CCOC2. The van der Waals surface area contributed by atoms with Gasteiger partial charge >= 0.3 is 0 Å². The first-order valence-electron chi connectivity index (χ1n) is 7.70. The molecule has 1 N–H and O–H groups in total. The molecule has 122 valence electrons. The van der Waals surface area contributed by atoms with Crippen LogP contribution in [0.3, 0.4) is 0 Å². The van der Waals surface area contributed by atoms with Crippen molar-refractivity contribution in [3.8, 4) is 0 Å². The number of thiophene rings is 1.